The molecule has 1 heterocycles. The fourth-order valence-corrected chi connectivity index (χ4v) is 3.35. The van der Waals surface area contributed by atoms with E-state index in [1.807, 2.05) is 18.2 Å². The third-order valence-corrected chi connectivity index (χ3v) is 5.05. The van der Waals surface area contributed by atoms with Crippen LogP contribution < -0.4 is 10.6 Å². The molecule has 0 bridgehead atoms. The Labute approximate surface area is 192 Å². The summed E-state index contributed by atoms with van der Waals surface area (Å²) in [6.45, 7) is 4.75. The summed E-state index contributed by atoms with van der Waals surface area (Å²) in [6, 6.07) is 8.27. The van der Waals surface area contributed by atoms with Crippen molar-refractivity contribution in [2.45, 2.75) is 25.3 Å². The zero-order chi connectivity index (χ0) is 20.4. The number of benzene rings is 1. The zero-order valence-corrected chi connectivity index (χ0v) is 20.4. The lowest BCUT2D eigenvalue weighted by Gasteiger charge is -2.32. The number of methoxy groups -OCH3 is 1. The van der Waals surface area contributed by atoms with E-state index in [9.17, 15) is 4.79 Å². The largest absolute Gasteiger partial charge is 0.383 e. The number of guanidine groups is 1. The van der Waals surface area contributed by atoms with E-state index in [2.05, 4.69) is 26.6 Å². The Balaban J connectivity index is 0.00000420. The van der Waals surface area contributed by atoms with E-state index in [0.29, 0.717) is 6.04 Å². The molecule has 0 atom stereocenters. The van der Waals surface area contributed by atoms with E-state index >= 15 is 0 Å². The predicted octanol–water partition coefficient (Wildman–Crippen LogP) is 1.82. The SMILES string of the molecule is CN=C(NCCc1cccc(C(=O)N(C)C)c1)NC1CCN(CCOC)CC1.I. The summed E-state index contributed by atoms with van der Waals surface area (Å²) in [6.07, 6.45) is 3.06. The van der Waals surface area contributed by atoms with Crippen LogP contribution in [0.5, 0.6) is 0 Å². The Morgan fingerprint density at radius 1 is 1.31 bits per heavy atom. The van der Waals surface area contributed by atoms with E-state index in [4.69, 9.17) is 4.74 Å². The Kier molecular flexibility index (Phi) is 12.2. The molecule has 8 heteroatoms. The van der Waals surface area contributed by atoms with E-state index in [-0.39, 0.29) is 29.9 Å². The van der Waals surface area contributed by atoms with Crippen molar-refractivity contribution < 1.29 is 9.53 Å². The average molecular weight is 517 g/mol. The number of nitrogens with one attached hydrogen (secondary N) is 2. The van der Waals surface area contributed by atoms with Gasteiger partial charge in [-0.3, -0.25) is 9.79 Å². The number of hydrogen-bond donors (Lipinski definition) is 2. The molecule has 0 saturated carbocycles. The number of aliphatic imine (C=N–C) groups is 1. The smallest absolute Gasteiger partial charge is 0.253 e. The molecule has 0 aromatic heterocycles. The second-order valence-corrected chi connectivity index (χ2v) is 7.40. The highest BCUT2D eigenvalue weighted by Crippen LogP contribution is 2.10. The highest BCUT2D eigenvalue weighted by Gasteiger charge is 2.19. The fourth-order valence-electron chi connectivity index (χ4n) is 3.35. The summed E-state index contributed by atoms with van der Waals surface area (Å²) < 4.78 is 5.16. The van der Waals surface area contributed by atoms with Crippen molar-refractivity contribution in [2.75, 3.05) is 61.0 Å². The monoisotopic (exact) mass is 517 g/mol. The molecule has 1 aliphatic heterocycles. The van der Waals surface area contributed by atoms with Crippen molar-refractivity contribution >= 4 is 35.8 Å². The van der Waals surface area contributed by atoms with E-state index < -0.39 is 0 Å². The van der Waals surface area contributed by atoms with Crippen LogP contribution in [0.4, 0.5) is 0 Å². The normalized spacial score (nSPS) is 15.5. The molecular weight excluding hydrogens is 481 g/mol. The molecule has 7 nitrogen and oxygen atoms in total. The number of amides is 1. The summed E-state index contributed by atoms with van der Waals surface area (Å²) >= 11 is 0. The van der Waals surface area contributed by atoms with Gasteiger partial charge in [-0.05, 0) is 37.0 Å². The summed E-state index contributed by atoms with van der Waals surface area (Å²) in [7, 11) is 7.10. The van der Waals surface area contributed by atoms with Crippen molar-refractivity contribution in [2.24, 2.45) is 4.99 Å². The maximum absolute atomic E-state index is 12.1. The van der Waals surface area contributed by atoms with Gasteiger partial charge < -0.3 is 25.2 Å². The molecule has 2 N–H and O–H groups in total. The van der Waals surface area contributed by atoms with Crippen molar-refractivity contribution in [1.29, 1.82) is 0 Å². The maximum atomic E-state index is 12.1. The number of nitrogens with zero attached hydrogens (tertiary/aromatic N) is 3. The van der Waals surface area contributed by atoms with Crippen LogP contribution in [0.1, 0.15) is 28.8 Å². The number of piperidine rings is 1. The van der Waals surface area contributed by atoms with Crippen LogP contribution in [0.2, 0.25) is 0 Å². The molecule has 0 unspecified atom stereocenters. The van der Waals surface area contributed by atoms with Gasteiger partial charge >= 0.3 is 0 Å². The number of halogens is 1. The number of carbonyl (C=O) groups is 1. The van der Waals surface area contributed by atoms with E-state index in [0.717, 1.165) is 69.1 Å². The third kappa shape index (κ3) is 8.88. The second kappa shape index (κ2) is 13.8. The topological polar surface area (TPSA) is 69.2 Å². The molecule has 1 aromatic rings. The quantitative estimate of drug-likeness (QED) is 0.313. The van der Waals surface area contributed by atoms with Gasteiger partial charge in [-0.25, -0.2) is 0 Å². The Morgan fingerprint density at radius 3 is 2.66 bits per heavy atom. The molecule has 0 spiro atoms. The second-order valence-electron chi connectivity index (χ2n) is 7.40. The number of carbonyl (C=O) groups excluding carboxylic acids is 1. The zero-order valence-electron chi connectivity index (χ0n) is 18.1. The van der Waals surface area contributed by atoms with Crippen LogP contribution in [0.25, 0.3) is 0 Å². The summed E-state index contributed by atoms with van der Waals surface area (Å²) in [5.74, 6) is 0.875. The lowest BCUT2D eigenvalue weighted by molar-refractivity contribution is 0.0827. The van der Waals surface area contributed by atoms with Gasteiger partial charge in [0.2, 0.25) is 0 Å². The Morgan fingerprint density at radius 2 is 2.03 bits per heavy atom. The summed E-state index contributed by atoms with van der Waals surface area (Å²) in [4.78, 5) is 20.5. The van der Waals surface area contributed by atoms with Gasteiger partial charge in [0.25, 0.3) is 5.91 Å². The van der Waals surface area contributed by atoms with Crippen LogP contribution in [-0.2, 0) is 11.2 Å². The number of likely N-dealkylation sites (tertiary alicyclic amines) is 1. The Hall–Kier alpha value is -1.39. The van der Waals surface area contributed by atoms with Crippen molar-refractivity contribution in [1.82, 2.24) is 20.4 Å². The fraction of sp³-hybridized carbons (Fsp3) is 0.619. The number of hydrogen-bond acceptors (Lipinski definition) is 4. The first kappa shape index (κ1) is 25.6. The molecule has 1 aromatic carbocycles. The highest BCUT2D eigenvalue weighted by molar-refractivity contribution is 14.0. The summed E-state index contributed by atoms with van der Waals surface area (Å²) in [5, 5.41) is 6.93. The Bertz CT molecular complexity index is 646. The van der Waals surface area contributed by atoms with Gasteiger partial charge in [-0.2, -0.15) is 0 Å². The standard InChI is InChI=1S/C21H35N5O2.HI/c1-22-21(24-19-9-12-26(13-10-19)14-15-28-4)23-11-8-17-6-5-7-18(16-17)20(27)25(2)3;/h5-7,16,19H,8-15H2,1-4H3,(H2,22,23,24);1H. The van der Waals surface area contributed by atoms with Crippen LogP contribution in [0.15, 0.2) is 29.3 Å². The van der Waals surface area contributed by atoms with Gasteiger partial charge in [-0.15, -0.1) is 24.0 Å². The first-order chi connectivity index (χ1) is 13.5. The van der Waals surface area contributed by atoms with E-state index in [1.165, 1.54) is 0 Å². The molecule has 0 aliphatic carbocycles. The molecule has 1 amide bonds. The minimum absolute atomic E-state index is 0. The average Bonchev–Trinajstić information content (AvgIpc) is 2.72. The molecule has 1 saturated heterocycles. The number of rotatable bonds is 8. The van der Waals surface area contributed by atoms with Gasteiger partial charge in [-0.1, -0.05) is 12.1 Å². The minimum Gasteiger partial charge on any atom is -0.383 e. The molecule has 164 valence electrons. The molecule has 2 rings (SSSR count). The molecule has 1 aliphatic rings. The van der Waals surface area contributed by atoms with Crippen molar-refractivity contribution in [3.8, 4) is 0 Å². The molecule has 0 radical (unpaired) electrons. The van der Waals surface area contributed by atoms with Crippen molar-refractivity contribution in [3.05, 3.63) is 35.4 Å². The third-order valence-electron chi connectivity index (χ3n) is 5.05. The first-order valence-corrected chi connectivity index (χ1v) is 10.0. The van der Waals surface area contributed by atoms with Gasteiger partial charge in [0.1, 0.15) is 0 Å². The van der Waals surface area contributed by atoms with Gasteiger partial charge in [0.05, 0.1) is 6.61 Å². The maximum Gasteiger partial charge on any atom is 0.253 e. The lowest BCUT2D eigenvalue weighted by atomic mass is 10.1. The van der Waals surface area contributed by atoms with Crippen molar-refractivity contribution in [3.63, 3.8) is 0 Å². The van der Waals surface area contributed by atoms with Crippen LogP contribution >= 0.6 is 24.0 Å². The lowest BCUT2D eigenvalue weighted by Crippen LogP contribution is -2.49. The summed E-state index contributed by atoms with van der Waals surface area (Å²) in [5.41, 5.74) is 1.87. The van der Waals surface area contributed by atoms with Crippen LogP contribution in [0.3, 0.4) is 0 Å². The first-order valence-electron chi connectivity index (χ1n) is 10.0. The minimum atomic E-state index is 0. The van der Waals surface area contributed by atoms with Crippen LogP contribution in [-0.4, -0.2) is 88.7 Å². The van der Waals surface area contributed by atoms with E-state index in [1.54, 1.807) is 33.2 Å². The number of ether oxygens (including phenoxy) is 1. The highest BCUT2D eigenvalue weighted by atomic mass is 127. The molecule has 1 fully saturated rings. The van der Waals surface area contributed by atoms with Gasteiger partial charge in [0.15, 0.2) is 5.96 Å². The van der Waals surface area contributed by atoms with Crippen LogP contribution in [0, 0.1) is 0 Å². The predicted molar refractivity (Wildman–Crippen MR) is 129 cm³/mol. The van der Waals surface area contributed by atoms with Gasteiger partial charge in [0, 0.05) is 66.0 Å². The molecule has 29 heavy (non-hydrogen) atoms. The molecular formula is C21H36IN5O2.